The van der Waals surface area contributed by atoms with Crippen molar-refractivity contribution in [2.75, 3.05) is 33.4 Å². The van der Waals surface area contributed by atoms with Gasteiger partial charge in [-0.05, 0) is 125 Å². The van der Waals surface area contributed by atoms with Crippen LogP contribution in [0.4, 0.5) is 0 Å². The Morgan fingerprint density at radius 2 is 1.71 bits per heavy atom. The van der Waals surface area contributed by atoms with E-state index in [1.54, 1.807) is 18.2 Å². The van der Waals surface area contributed by atoms with E-state index in [4.69, 9.17) is 14.2 Å². The molecule has 1 aromatic heterocycles. The van der Waals surface area contributed by atoms with Crippen molar-refractivity contribution in [3.8, 4) is 17.2 Å². The standard InChI is InChI=1S/C45H46IN3O6/c1-53-40-24-30(23-37(46)43(40)50)22-31(38-14-8-9-19-47-38)15-16-39-41-32(27-54-34-12-6-3-7-13-34)25-35-42(36(41)28-55-39)45(52)49(44(35)51)33-17-20-48(21-18-33)26-29-10-4-2-5-11-29/h2-14,19,22-24,33,35-36,39,42,50H,15-18,20-21,25-28H2,1H3/b31-22-/t35-,36+,39-,42-/m1/s1. The number of ether oxygens (including phenoxy) is 3. The lowest BCUT2D eigenvalue weighted by Crippen LogP contribution is -2.47. The van der Waals surface area contributed by atoms with Crippen LogP contribution in [-0.2, 0) is 20.9 Å². The number of fused-ring (bicyclic) bond motifs is 3. The van der Waals surface area contributed by atoms with Gasteiger partial charge in [-0.3, -0.25) is 24.4 Å². The van der Waals surface area contributed by atoms with Crippen LogP contribution in [0.3, 0.4) is 0 Å². The van der Waals surface area contributed by atoms with Crippen molar-refractivity contribution in [1.29, 1.82) is 0 Å². The molecule has 4 atom stereocenters. The summed E-state index contributed by atoms with van der Waals surface area (Å²) >= 11 is 2.11. The van der Waals surface area contributed by atoms with Gasteiger partial charge in [0.2, 0.25) is 11.8 Å². The first-order valence-electron chi connectivity index (χ1n) is 19.2. The predicted molar refractivity (Wildman–Crippen MR) is 219 cm³/mol. The summed E-state index contributed by atoms with van der Waals surface area (Å²) in [4.78, 5) is 37.5. The number of benzene rings is 3. The molecule has 4 heterocycles. The Morgan fingerprint density at radius 1 is 0.964 bits per heavy atom. The second-order valence-corrected chi connectivity index (χ2v) is 16.1. The largest absolute Gasteiger partial charge is 0.504 e. The van der Waals surface area contributed by atoms with Crippen LogP contribution in [0.2, 0.25) is 0 Å². The minimum Gasteiger partial charge on any atom is -0.504 e. The first kappa shape index (κ1) is 37.4. The number of nitrogens with zero attached hydrogens (tertiary/aromatic N) is 3. The zero-order chi connectivity index (χ0) is 37.9. The number of halogens is 1. The van der Waals surface area contributed by atoms with Gasteiger partial charge in [0, 0.05) is 37.8 Å². The van der Waals surface area contributed by atoms with Crippen molar-refractivity contribution in [2.45, 2.75) is 50.8 Å². The molecule has 3 fully saturated rings. The summed E-state index contributed by atoms with van der Waals surface area (Å²) in [6.07, 6.45) is 7.02. The third-order valence-corrected chi connectivity index (χ3v) is 12.5. The number of pyridine rings is 1. The molecule has 3 aliphatic heterocycles. The highest BCUT2D eigenvalue weighted by molar-refractivity contribution is 14.1. The smallest absolute Gasteiger partial charge is 0.234 e. The number of para-hydroxylation sites is 1. The van der Waals surface area contributed by atoms with Crippen LogP contribution in [0.5, 0.6) is 17.2 Å². The summed E-state index contributed by atoms with van der Waals surface area (Å²) in [5.74, 6) is 0.221. The lowest BCUT2D eigenvalue weighted by atomic mass is 9.69. The van der Waals surface area contributed by atoms with Gasteiger partial charge in [0.15, 0.2) is 11.5 Å². The molecular formula is C45H46IN3O6. The normalized spacial score (nSPS) is 23.2. The summed E-state index contributed by atoms with van der Waals surface area (Å²) in [6.45, 7) is 3.31. The third-order valence-electron chi connectivity index (χ3n) is 11.7. The number of allylic oxidation sites excluding steroid dienone is 1. The topological polar surface area (TPSA) is 101 Å². The number of aromatic nitrogens is 1. The monoisotopic (exact) mass is 851 g/mol. The summed E-state index contributed by atoms with van der Waals surface area (Å²) in [7, 11) is 1.55. The van der Waals surface area contributed by atoms with E-state index in [2.05, 4.69) is 62.8 Å². The molecule has 3 aromatic carbocycles. The molecule has 0 bridgehead atoms. The molecule has 0 spiro atoms. The van der Waals surface area contributed by atoms with Crippen LogP contribution in [0.25, 0.3) is 11.6 Å². The fourth-order valence-corrected chi connectivity index (χ4v) is 9.63. The van der Waals surface area contributed by atoms with E-state index in [-0.39, 0.29) is 35.6 Å². The van der Waals surface area contributed by atoms with E-state index in [0.29, 0.717) is 41.8 Å². The highest BCUT2D eigenvalue weighted by Crippen LogP contribution is 2.51. The van der Waals surface area contributed by atoms with Crippen LogP contribution in [0.1, 0.15) is 48.9 Å². The Kier molecular flexibility index (Phi) is 11.3. The highest BCUT2D eigenvalue weighted by Gasteiger charge is 2.58. The molecule has 8 rings (SSSR count). The van der Waals surface area contributed by atoms with Crippen LogP contribution < -0.4 is 9.47 Å². The first-order valence-corrected chi connectivity index (χ1v) is 20.3. The van der Waals surface area contributed by atoms with Gasteiger partial charge < -0.3 is 19.3 Å². The molecule has 1 aliphatic carbocycles. The Hall–Kier alpha value is -4.52. The molecule has 0 saturated carbocycles. The molecule has 2 amide bonds. The maximum absolute atomic E-state index is 14.5. The maximum Gasteiger partial charge on any atom is 0.234 e. The summed E-state index contributed by atoms with van der Waals surface area (Å²) in [6, 6.07) is 29.7. The molecular weight excluding hydrogens is 805 g/mol. The van der Waals surface area contributed by atoms with Crippen molar-refractivity contribution in [3.63, 3.8) is 0 Å². The number of imide groups is 1. The Labute approximate surface area is 336 Å². The number of methoxy groups -OCH3 is 1. The van der Waals surface area contributed by atoms with Crippen molar-refractivity contribution < 1.29 is 28.9 Å². The van der Waals surface area contributed by atoms with E-state index in [0.717, 1.165) is 66.2 Å². The summed E-state index contributed by atoms with van der Waals surface area (Å²) in [5.41, 5.74) is 6.23. The number of hydrogen-bond acceptors (Lipinski definition) is 8. The first-order chi connectivity index (χ1) is 26.9. The number of likely N-dealkylation sites (tertiary alicyclic amines) is 2. The predicted octanol–water partition coefficient (Wildman–Crippen LogP) is 7.78. The van der Waals surface area contributed by atoms with Gasteiger partial charge in [0.05, 0.1) is 40.9 Å². The SMILES string of the molecule is COc1cc(/C=C(/CC[C@H]2OC[C@H]3C2=C(COc2ccccc2)C[C@H]2C(=O)N(C4CCN(Cc5ccccc5)CC4)C(=O)[C@H]23)c2ccccn2)cc(I)c1O. The van der Waals surface area contributed by atoms with Crippen molar-refractivity contribution in [3.05, 3.63) is 129 Å². The van der Waals surface area contributed by atoms with Gasteiger partial charge in [-0.2, -0.15) is 0 Å². The fraction of sp³-hybridized carbons (Fsp3) is 0.356. The fourth-order valence-electron chi connectivity index (χ4n) is 9.00. The van der Waals surface area contributed by atoms with E-state index >= 15 is 0 Å². The number of amides is 2. The van der Waals surface area contributed by atoms with Crippen molar-refractivity contribution >= 4 is 46.1 Å². The van der Waals surface area contributed by atoms with Gasteiger partial charge in [0.1, 0.15) is 12.4 Å². The van der Waals surface area contributed by atoms with Crippen molar-refractivity contribution in [2.24, 2.45) is 17.8 Å². The lowest BCUT2D eigenvalue weighted by Gasteiger charge is -2.36. The average molecular weight is 852 g/mol. The molecule has 0 radical (unpaired) electrons. The Balaban J connectivity index is 1.04. The van der Waals surface area contributed by atoms with Gasteiger partial charge >= 0.3 is 0 Å². The van der Waals surface area contributed by atoms with Crippen LogP contribution in [0.15, 0.2) is 108 Å². The molecule has 3 saturated heterocycles. The number of carbonyl (C=O) groups excluding carboxylic acids is 2. The Bertz CT molecular complexity index is 2070. The third kappa shape index (κ3) is 7.95. The van der Waals surface area contributed by atoms with Crippen LogP contribution in [0, 0.1) is 21.3 Å². The summed E-state index contributed by atoms with van der Waals surface area (Å²) < 4.78 is 19.1. The second-order valence-electron chi connectivity index (χ2n) is 14.9. The number of carbonyl (C=O) groups is 2. The number of aromatic hydroxyl groups is 1. The molecule has 1 N–H and O–H groups in total. The number of rotatable bonds is 12. The van der Waals surface area contributed by atoms with E-state index < -0.39 is 11.8 Å². The minimum absolute atomic E-state index is 0.0313. The molecule has 55 heavy (non-hydrogen) atoms. The molecule has 0 unspecified atom stereocenters. The van der Waals surface area contributed by atoms with Crippen molar-refractivity contribution in [1.82, 2.24) is 14.8 Å². The zero-order valence-corrected chi connectivity index (χ0v) is 33.1. The molecule has 10 heteroatoms. The van der Waals surface area contributed by atoms with Gasteiger partial charge in [-0.1, -0.05) is 54.6 Å². The highest BCUT2D eigenvalue weighted by atomic mass is 127. The Morgan fingerprint density at radius 3 is 2.44 bits per heavy atom. The van der Waals surface area contributed by atoms with E-state index in [1.165, 1.54) is 5.56 Å². The molecule has 4 aliphatic rings. The minimum atomic E-state index is -0.423. The molecule has 284 valence electrons. The van der Waals surface area contributed by atoms with Gasteiger partial charge in [0.25, 0.3) is 0 Å². The lowest BCUT2D eigenvalue weighted by molar-refractivity contribution is -0.144. The number of hydrogen-bond donors (Lipinski definition) is 1. The number of piperidine rings is 1. The van der Waals surface area contributed by atoms with Crippen LogP contribution >= 0.6 is 22.6 Å². The number of phenolic OH excluding ortho intramolecular Hbond substituents is 1. The average Bonchev–Trinajstić information content (AvgIpc) is 3.75. The summed E-state index contributed by atoms with van der Waals surface area (Å²) in [5, 5.41) is 10.5. The van der Waals surface area contributed by atoms with E-state index in [1.807, 2.05) is 66.7 Å². The van der Waals surface area contributed by atoms with Crippen LogP contribution in [-0.4, -0.2) is 77.3 Å². The maximum atomic E-state index is 14.5. The quantitative estimate of drug-likeness (QED) is 0.0877. The van der Waals surface area contributed by atoms with E-state index in [9.17, 15) is 14.7 Å². The molecule has 4 aromatic rings. The molecule has 9 nitrogen and oxygen atoms in total. The van der Waals surface area contributed by atoms with Gasteiger partial charge in [-0.25, -0.2) is 0 Å². The number of phenols is 1. The zero-order valence-electron chi connectivity index (χ0n) is 31.0. The van der Waals surface area contributed by atoms with Gasteiger partial charge in [-0.15, -0.1) is 0 Å². The second kappa shape index (κ2) is 16.7.